The fourth-order valence-electron chi connectivity index (χ4n) is 2.45. The minimum absolute atomic E-state index is 0.670. The average molecular weight is 236 g/mol. The molecule has 1 aromatic rings. The quantitative estimate of drug-likeness (QED) is 0.838. The maximum Gasteiger partial charge on any atom is 0.122 e. The molecule has 4 nitrogen and oxygen atoms in total. The summed E-state index contributed by atoms with van der Waals surface area (Å²) in [5, 5.41) is 3.61. The fraction of sp³-hybridized carbons (Fsp3) is 0.769. The van der Waals surface area contributed by atoms with Gasteiger partial charge in [-0.3, -0.25) is 4.90 Å². The first-order valence-electron chi connectivity index (χ1n) is 6.71. The first kappa shape index (κ1) is 12.6. The smallest absolute Gasteiger partial charge is 0.122 e. The van der Waals surface area contributed by atoms with Gasteiger partial charge in [-0.1, -0.05) is 13.3 Å². The summed E-state index contributed by atoms with van der Waals surface area (Å²) in [4.78, 5) is 6.88. The summed E-state index contributed by atoms with van der Waals surface area (Å²) in [7, 11) is 2.06. The number of hydrogen-bond donors (Lipinski definition) is 1. The van der Waals surface area contributed by atoms with E-state index in [-0.39, 0.29) is 0 Å². The number of likely N-dealkylation sites (N-methyl/N-ethyl adjacent to an activating group) is 1. The van der Waals surface area contributed by atoms with Crippen LogP contribution in [0.15, 0.2) is 12.4 Å². The number of imidazole rings is 1. The predicted molar refractivity (Wildman–Crippen MR) is 69.8 cm³/mol. The highest BCUT2D eigenvalue weighted by Gasteiger charge is 2.16. The van der Waals surface area contributed by atoms with Crippen molar-refractivity contribution in [2.75, 3.05) is 19.6 Å². The molecule has 0 bridgehead atoms. The molecule has 0 radical (unpaired) electrons. The topological polar surface area (TPSA) is 33.1 Å². The summed E-state index contributed by atoms with van der Waals surface area (Å²) in [5.41, 5.74) is 0. The van der Waals surface area contributed by atoms with E-state index in [4.69, 9.17) is 0 Å². The van der Waals surface area contributed by atoms with E-state index >= 15 is 0 Å². The maximum absolute atomic E-state index is 4.40. The van der Waals surface area contributed by atoms with E-state index in [1.54, 1.807) is 0 Å². The fourth-order valence-corrected chi connectivity index (χ4v) is 2.45. The normalized spacial score (nSPS) is 21.0. The van der Waals surface area contributed by atoms with Gasteiger partial charge in [-0.25, -0.2) is 4.98 Å². The average Bonchev–Trinajstić information content (AvgIpc) is 2.75. The number of nitrogens with zero attached hydrogens (tertiary/aromatic N) is 3. The highest BCUT2D eigenvalue weighted by atomic mass is 15.2. The largest absolute Gasteiger partial charge is 0.337 e. The molecule has 1 aromatic heterocycles. The molecule has 1 aliphatic rings. The molecular weight excluding hydrogens is 212 g/mol. The lowest BCUT2D eigenvalue weighted by Gasteiger charge is -2.29. The van der Waals surface area contributed by atoms with E-state index in [1.165, 1.54) is 25.8 Å². The Hall–Kier alpha value is -0.870. The van der Waals surface area contributed by atoms with Crippen LogP contribution in [0.2, 0.25) is 0 Å². The molecule has 0 aliphatic carbocycles. The highest BCUT2D eigenvalue weighted by molar-refractivity contribution is 4.91. The lowest BCUT2D eigenvalue weighted by molar-refractivity contribution is 0.220. The standard InChI is InChI=1S/C13H24N4/c1-3-17(10-12-6-4-5-7-14-12)11-13-15-8-9-16(13)2/h8-9,12,14H,3-7,10-11H2,1-2H3. The Morgan fingerprint density at radius 2 is 2.41 bits per heavy atom. The third-order valence-corrected chi connectivity index (χ3v) is 3.62. The van der Waals surface area contributed by atoms with Gasteiger partial charge in [-0.05, 0) is 25.9 Å². The van der Waals surface area contributed by atoms with Crippen LogP contribution in [0.5, 0.6) is 0 Å². The molecule has 0 spiro atoms. The Balaban J connectivity index is 1.85. The highest BCUT2D eigenvalue weighted by Crippen LogP contribution is 2.10. The van der Waals surface area contributed by atoms with Crippen molar-refractivity contribution in [1.29, 1.82) is 0 Å². The van der Waals surface area contributed by atoms with Crippen molar-refractivity contribution in [3.05, 3.63) is 18.2 Å². The van der Waals surface area contributed by atoms with Gasteiger partial charge in [0, 0.05) is 32.0 Å². The molecule has 1 fully saturated rings. The molecule has 2 rings (SSSR count). The Labute approximate surface area is 104 Å². The summed E-state index contributed by atoms with van der Waals surface area (Å²) in [6, 6.07) is 0.670. The molecule has 1 atom stereocenters. The third kappa shape index (κ3) is 3.54. The summed E-state index contributed by atoms with van der Waals surface area (Å²) >= 11 is 0. The Bertz CT molecular complexity index is 328. The molecule has 0 aromatic carbocycles. The molecule has 4 heteroatoms. The molecular formula is C13H24N4. The van der Waals surface area contributed by atoms with Crippen molar-refractivity contribution in [1.82, 2.24) is 19.8 Å². The molecule has 1 aliphatic heterocycles. The third-order valence-electron chi connectivity index (χ3n) is 3.62. The zero-order valence-corrected chi connectivity index (χ0v) is 11.0. The zero-order valence-electron chi connectivity index (χ0n) is 11.0. The van der Waals surface area contributed by atoms with E-state index < -0.39 is 0 Å². The van der Waals surface area contributed by atoms with E-state index in [0.29, 0.717) is 6.04 Å². The van der Waals surface area contributed by atoms with Gasteiger partial charge in [-0.2, -0.15) is 0 Å². The first-order valence-corrected chi connectivity index (χ1v) is 6.71. The van der Waals surface area contributed by atoms with Crippen LogP contribution >= 0.6 is 0 Å². The summed E-state index contributed by atoms with van der Waals surface area (Å²) in [6.45, 7) is 6.60. The summed E-state index contributed by atoms with van der Waals surface area (Å²) < 4.78 is 2.11. The van der Waals surface area contributed by atoms with E-state index in [9.17, 15) is 0 Å². The van der Waals surface area contributed by atoms with Gasteiger partial charge in [0.1, 0.15) is 5.82 Å². The summed E-state index contributed by atoms with van der Waals surface area (Å²) in [5.74, 6) is 1.16. The molecule has 1 saturated heterocycles. The Morgan fingerprint density at radius 3 is 3.00 bits per heavy atom. The van der Waals surface area contributed by atoms with E-state index in [2.05, 4.69) is 33.7 Å². The Kier molecular flexibility index (Phi) is 4.57. The van der Waals surface area contributed by atoms with Crippen molar-refractivity contribution in [2.24, 2.45) is 7.05 Å². The molecule has 96 valence electrons. The van der Waals surface area contributed by atoms with Gasteiger partial charge in [0.25, 0.3) is 0 Å². The number of rotatable bonds is 5. The second-order valence-corrected chi connectivity index (χ2v) is 4.93. The number of nitrogens with one attached hydrogen (secondary N) is 1. The van der Waals surface area contributed by atoms with Crippen molar-refractivity contribution < 1.29 is 0 Å². The minimum atomic E-state index is 0.670. The molecule has 17 heavy (non-hydrogen) atoms. The Morgan fingerprint density at radius 1 is 1.53 bits per heavy atom. The minimum Gasteiger partial charge on any atom is -0.337 e. The number of hydrogen-bond acceptors (Lipinski definition) is 3. The van der Waals surface area contributed by atoms with Gasteiger partial charge in [-0.15, -0.1) is 0 Å². The molecule has 0 amide bonds. The van der Waals surface area contributed by atoms with E-state index in [0.717, 1.165) is 25.5 Å². The van der Waals surface area contributed by atoms with Gasteiger partial charge in [0.2, 0.25) is 0 Å². The van der Waals surface area contributed by atoms with Crippen LogP contribution in [0.1, 0.15) is 32.0 Å². The molecule has 1 N–H and O–H groups in total. The van der Waals surface area contributed by atoms with E-state index in [1.807, 2.05) is 12.4 Å². The van der Waals surface area contributed by atoms with Crippen molar-refractivity contribution in [3.63, 3.8) is 0 Å². The van der Waals surface area contributed by atoms with Crippen LogP contribution < -0.4 is 5.32 Å². The predicted octanol–water partition coefficient (Wildman–Crippen LogP) is 1.38. The van der Waals surface area contributed by atoms with Crippen molar-refractivity contribution in [3.8, 4) is 0 Å². The molecule has 1 unspecified atom stereocenters. The maximum atomic E-state index is 4.40. The first-order chi connectivity index (χ1) is 8.29. The lowest BCUT2D eigenvalue weighted by atomic mass is 10.0. The monoisotopic (exact) mass is 236 g/mol. The summed E-state index contributed by atoms with van der Waals surface area (Å²) in [6.07, 6.45) is 7.92. The van der Waals surface area contributed by atoms with Crippen molar-refractivity contribution in [2.45, 2.75) is 38.8 Å². The van der Waals surface area contributed by atoms with Gasteiger partial charge in [0.05, 0.1) is 6.54 Å². The van der Waals surface area contributed by atoms with Gasteiger partial charge in [0.15, 0.2) is 0 Å². The van der Waals surface area contributed by atoms with Gasteiger partial charge < -0.3 is 9.88 Å². The second-order valence-electron chi connectivity index (χ2n) is 4.93. The van der Waals surface area contributed by atoms with Gasteiger partial charge >= 0.3 is 0 Å². The van der Waals surface area contributed by atoms with Crippen LogP contribution in [0, 0.1) is 0 Å². The number of aromatic nitrogens is 2. The zero-order chi connectivity index (χ0) is 12.1. The van der Waals surface area contributed by atoms with Crippen LogP contribution in [0.4, 0.5) is 0 Å². The van der Waals surface area contributed by atoms with Crippen LogP contribution in [0.3, 0.4) is 0 Å². The van der Waals surface area contributed by atoms with Crippen LogP contribution in [-0.4, -0.2) is 40.1 Å². The number of piperidine rings is 1. The van der Waals surface area contributed by atoms with Crippen molar-refractivity contribution >= 4 is 0 Å². The SMILES string of the molecule is CCN(Cc1nccn1C)CC1CCCCN1. The second kappa shape index (κ2) is 6.17. The number of aryl methyl sites for hydroxylation is 1. The molecule has 2 heterocycles. The van der Waals surface area contributed by atoms with Crippen LogP contribution in [0.25, 0.3) is 0 Å². The molecule has 0 saturated carbocycles. The van der Waals surface area contributed by atoms with Crippen LogP contribution in [-0.2, 0) is 13.6 Å². The lowest BCUT2D eigenvalue weighted by Crippen LogP contribution is -2.43.